The van der Waals surface area contributed by atoms with Gasteiger partial charge in [0.25, 0.3) is 5.69 Å². The Morgan fingerprint density at radius 2 is 1.90 bits per heavy atom. The fourth-order valence-electron chi connectivity index (χ4n) is 2.86. The highest BCUT2D eigenvalue weighted by molar-refractivity contribution is 7.99. The maximum absolute atomic E-state index is 11.0. The van der Waals surface area contributed by atoms with Gasteiger partial charge in [0.15, 0.2) is 0 Å². The molecule has 2 aromatic carbocycles. The van der Waals surface area contributed by atoms with E-state index < -0.39 is 4.92 Å². The molecule has 1 aromatic heterocycles. The molecule has 30 heavy (non-hydrogen) atoms. The lowest BCUT2D eigenvalue weighted by Crippen LogP contribution is -2.06. The Bertz CT molecular complexity index is 1080. The molecule has 152 valence electrons. The van der Waals surface area contributed by atoms with Crippen LogP contribution in [0.2, 0.25) is 0 Å². The number of anilines is 1. The van der Waals surface area contributed by atoms with E-state index in [4.69, 9.17) is 4.74 Å². The summed E-state index contributed by atoms with van der Waals surface area (Å²) in [5.74, 6) is 1.26. The predicted octanol–water partition coefficient (Wildman–Crippen LogP) is 5.51. The summed E-state index contributed by atoms with van der Waals surface area (Å²) in [4.78, 5) is 16.8. The van der Waals surface area contributed by atoms with Gasteiger partial charge in [-0.25, -0.2) is 4.98 Å². The van der Waals surface area contributed by atoms with Crippen molar-refractivity contribution in [2.75, 3.05) is 19.0 Å². The van der Waals surface area contributed by atoms with Crippen LogP contribution in [-0.2, 0) is 0 Å². The molecular weight excluding hydrogens is 400 g/mol. The van der Waals surface area contributed by atoms with Crippen LogP contribution in [0.1, 0.15) is 18.9 Å². The second-order valence-corrected chi connectivity index (χ2v) is 7.46. The molecule has 0 aliphatic carbocycles. The Morgan fingerprint density at radius 1 is 1.20 bits per heavy atom. The number of nitrogens with zero attached hydrogens (tertiary/aromatic N) is 3. The van der Waals surface area contributed by atoms with Crippen molar-refractivity contribution in [3.8, 4) is 22.9 Å². The number of hydrogen-bond acceptors (Lipinski definition) is 7. The molecule has 3 rings (SSSR count). The molecule has 0 spiro atoms. The van der Waals surface area contributed by atoms with Crippen LogP contribution < -0.4 is 10.1 Å². The first-order valence-corrected chi connectivity index (χ1v) is 10.1. The van der Waals surface area contributed by atoms with E-state index in [1.807, 2.05) is 31.2 Å². The number of ether oxygens (including phenoxy) is 1. The average molecular weight is 420 g/mol. The molecular formula is C22H20N4O3S. The third-order valence-corrected chi connectivity index (χ3v) is 5.39. The molecule has 0 bridgehead atoms. The van der Waals surface area contributed by atoms with Crippen LogP contribution in [0.3, 0.4) is 0 Å². The van der Waals surface area contributed by atoms with Gasteiger partial charge in [-0.1, -0.05) is 18.7 Å². The zero-order valence-electron chi connectivity index (χ0n) is 16.6. The van der Waals surface area contributed by atoms with Crippen molar-refractivity contribution < 1.29 is 9.66 Å². The summed E-state index contributed by atoms with van der Waals surface area (Å²) in [5, 5.41) is 24.1. The number of nitriles is 1. The van der Waals surface area contributed by atoms with Crippen LogP contribution in [-0.4, -0.2) is 23.6 Å². The molecule has 1 N–H and O–H groups in total. The number of benzene rings is 2. The molecule has 0 aliphatic rings. The molecule has 0 aliphatic heterocycles. The molecule has 0 saturated heterocycles. The van der Waals surface area contributed by atoms with Crippen LogP contribution in [0.4, 0.5) is 11.5 Å². The topological polar surface area (TPSA) is 101 Å². The molecule has 0 radical (unpaired) electrons. The maximum atomic E-state index is 11.0. The monoisotopic (exact) mass is 420 g/mol. The molecule has 7 nitrogen and oxygen atoms in total. The van der Waals surface area contributed by atoms with Gasteiger partial charge in [0.2, 0.25) is 0 Å². The number of rotatable bonds is 8. The summed E-state index contributed by atoms with van der Waals surface area (Å²) in [6.45, 7) is 2.72. The van der Waals surface area contributed by atoms with Gasteiger partial charge in [-0.15, -0.1) is 0 Å². The molecule has 1 heterocycles. The number of methoxy groups -OCH3 is 1. The number of non-ortho nitro benzene ring substituents is 1. The quantitative estimate of drug-likeness (QED) is 0.379. The zero-order chi connectivity index (χ0) is 21.5. The Balaban J connectivity index is 2.10. The van der Waals surface area contributed by atoms with Gasteiger partial charge >= 0.3 is 0 Å². The number of pyridine rings is 1. The number of nitro groups is 1. The first-order valence-electron chi connectivity index (χ1n) is 9.31. The lowest BCUT2D eigenvalue weighted by Gasteiger charge is -2.15. The lowest BCUT2D eigenvalue weighted by molar-refractivity contribution is -0.384. The predicted molar refractivity (Wildman–Crippen MR) is 117 cm³/mol. The highest BCUT2D eigenvalue weighted by atomic mass is 32.2. The van der Waals surface area contributed by atoms with Gasteiger partial charge in [-0.3, -0.25) is 10.1 Å². The Morgan fingerprint density at radius 3 is 2.47 bits per heavy atom. The van der Waals surface area contributed by atoms with Gasteiger partial charge in [-0.2, -0.15) is 5.26 Å². The number of nitro benzene ring substituents is 1. The van der Waals surface area contributed by atoms with Crippen molar-refractivity contribution in [3.05, 3.63) is 70.4 Å². The van der Waals surface area contributed by atoms with Crippen LogP contribution in [0.15, 0.2) is 64.5 Å². The van der Waals surface area contributed by atoms with Crippen LogP contribution in [0, 0.1) is 21.4 Å². The largest absolute Gasteiger partial charge is 0.497 e. The van der Waals surface area contributed by atoms with Crippen molar-refractivity contribution >= 4 is 23.3 Å². The number of nitrogens with one attached hydrogen (secondary N) is 1. The van der Waals surface area contributed by atoms with Crippen LogP contribution in [0.5, 0.6) is 5.75 Å². The summed E-state index contributed by atoms with van der Waals surface area (Å²) in [6, 6.07) is 16.1. The molecule has 0 amide bonds. The Kier molecular flexibility index (Phi) is 6.88. The van der Waals surface area contributed by atoms with Crippen molar-refractivity contribution in [2.24, 2.45) is 0 Å². The molecule has 3 aromatic rings. The summed E-state index contributed by atoms with van der Waals surface area (Å²) < 4.78 is 5.20. The minimum absolute atomic E-state index is 0.00000249. The van der Waals surface area contributed by atoms with Gasteiger partial charge in [0.05, 0.1) is 12.0 Å². The van der Waals surface area contributed by atoms with Crippen molar-refractivity contribution in [3.63, 3.8) is 0 Å². The molecule has 0 atom stereocenters. The van der Waals surface area contributed by atoms with Crippen molar-refractivity contribution in [2.45, 2.75) is 23.1 Å². The highest BCUT2D eigenvalue weighted by Gasteiger charge is 2.18. The summed E-state index contributed by atoms with van der Waals surface area (Å²) in [7, 11) is 1.61. The molecule has 0 fully saturated rings. The maximum Gasteiger partial charge on any atom is 0.269 e. The second kappa shape index (κ2) is 9.76. The second-order valence-electron chi connectivity index (χ2n) is 6.34. The number of aromatic nitrogens is 1. The smallest absolute Gasteiger partial charge is 0.269 e. The first kappa shape index (κ1) is 21.1. The third-order valence-electron chi connectivity index (χ3n) is 4.35. The summed E-state index contributed by atoms with van der Waals surface area (Å²) in [5.41, 5.74) is 1.83. The molecule has 0 saturated carbocycles. The van der Waals surface area contributed by atoms with Crippen molar-refractivity contribution in [1.29, 1.82) is 5.26 Å². The summed E-state index contributed by atoms with van der Waals surface area (Å²) >= 11 is 1.47. The zero-order valence-corrected chi connectivity index (χ0v) is 17.4. The first-order chi connectivity index (χ1) is 14.6. The van der Waals surface area contributed by atoms with E-state index in [0.29, 0.717) is 23.5 Å². The van der Waals surface area contributed by atoms with E-state index >= 15 is 0 Å². The van der Waals surface area contributed by atoms with Gasteiger partial charge in [0.1, 0.15) is 23.2 Å². The van der Waals surface area contributed by atoms with Gasteiger partial charge < -0.3 is 10.1 Å². The van der Waals surface area contributed by atoms with E-state index in [0.717, 1.165) is 27.5 Å². The summed E-state index contributed by atoms with van der Waals surface area (Å²) in [6.07, 6.45) is 2.62. The average Bonchev–Trinajstić information content (AvgIpc) is 2.78. The van der Waals surface area contributed by atoms with Gasteiger partial charge in [0, 0.05) is 40.2 Å². The standard InChI is InChI=1S/C22H20N4O3S/c1-3-12-24-22-19(13-23)21(15-4-6-16(7-5-15)26(27)28)20(14-25-22)30-18-10-8-17(29-2)9-11-18/h4-11,14H,3,12H2,1-2H3,(H,24,25). The fraction of sp³-hybridized carbons (Fsp3) is 0.182. The van der Waals surface area contributed by atoms with Crippen LogP contribution >= 0.6 is 11.8 Å². The minimum Gasteiger partial charge on any atom is -0.497 e. The van der Waals surface area contributed by atoms with Crippen LogP contribution in [0.25, 0.3) is 11.1 Å². The van der Waals surface area contributed by atoms with Gasteiger partial charge in [-0.05, 0) is 48.4 Å². The van der Waals surface area contributed by atoms with E-state index in [1.54, 1.807) is 25.4 Å². The normalized spacial score (nSPS) is 10.3. The third kappa shape index (κ3) is 4.70. The van der Waals surface area contributed by atoms with E-state index in [1.165, 1.54) is 23.9 Å². The van der Waals surface area contributed by atoms with E-state index in [2.05, 4.69) is 16.4 Å². The fourth-order valence-corrected chi connectivity index (χ4v) is 3.82. The SMILES string of the molecule is CCCNc1ncc(Sc2ccc(OC)cc2)c(-c2ccc([N+](=O)[O-])cc2)c1C#N. The molecule has 8 heteroatoms. The number of hydrogen-bond donors (Lipinski definition) is 1. The van der Waals surface area contributed by atoms with E-state index in [-0.39, 0.29) is 5.69 Å². The highest BCUT2D eigenvalue weighted by Crippen LogP contribution is 2.40. The van der Waals surface area contributed by atoms with Crippen molar-refractivity contribution in [1.82, 2.24) is 4.98 Å². The molecule has 0 unspecified atom stereocenters. The minimum atomic E-state index is -0.442. The lowest BCUT2D eigenvalue weighted by atomic mass is 10.0. The Hall–Kier alpha value is -3.57. The Labute approximate surface area is 178 Å². The van der Waals surface area contributed by atoms with E-state index in [9.17, 15) is 15.4 Å².